The van der Waals surface area contributed by atoms with Crippen LogP contribution in [-0.4, -0.2) is 13.6 Å². The second-order valence-corrected chi connectivity index (χ2v) is 6.30. The molecule has 0 saturated heterocycles. The van der Waals surface area contributed by atoms with Crippen molar-refractivity contribution in [1.29, 1.82) is 0 Å². The van der Waals surface area contributed by atoms with Gasteiger partial charge in [-0.25, -0.2) is 0 Å². The van der Waals surface area contributed by atoms with Crippen LogP contribution in [0.5, 0.6) is 23.0 Å². The van der Waals surface area contributed by atoms with E-state index in [1.807, 2.05) is 36.4 Å². The van der Waals surface area contributed by atoms with Crippen LogP contribution < -0.4 is 18.9 Å². The molecule has 0 bridgehead atoms. The molecule has 0 atom stereocenters. The molecule has 4 nitrogen and oxygen atoms in total. The molecular weight excluding hydrogens is 486 g/mol. The molecule has 0 radical (unpaired) electrons. The molecule has 0 N–H and O–H groups in total. The Kier molecular flexibility index (Phi) is 4.39. The van der Waals surface area contributed by atoms with E-state index in [9.17, 15) is 0 Å². The van der Waals surface area contributed by atoms with Crippen LogP contribution in [0, 0.1) is 7.14 Å². The first-order valence-electron chi connectivity index (χ1n) is 5.83. The van der Waals surface area contributed by atoms with Gasteiger partial charge in [-0.05, 0) is 69.4 Å². The molecule has 6 heteroatoms. The summed E-state index contributed by atoms with van der Waals surface area (Å²) in [6.45, 7) is 0.713. The number of ether oxygens (including phenoxy) is 4. The summed E-state index contributed by atoms with van der Waals surface area (Å²) < 4.78 is 23.0. The summed E-state index contributed by atoms with van der Waals surface area (Å²) >= 11 is 4.55. The predicted molar refractivity (Wildman–Crippen MR) is 90.6 cm³/mol. The molecule has 104 valence electrons. The van der Waals surface area contributed by atoms with Gasteiger partial charge in [-0.15, -0.1) is 0 Å². The molecule has 0 saturated carbocycles. The van der Waals surface area contributed by atoms with Crippen LogP contribution in [0.4, 0.5) is 0 Å². The Morgan fingerprint density at radius 3 is 1.50 bits per heavy atom. The minimum absolute atomic E-state index is 0.353. The van der Waals surface area contributed by atoms with Crippen LogP contribution in [0.1, 0.15) is 0 Å². The average Bonchev–Trinajstić information content (AvgIpc) is 3.08. The first-order valence-corrected chi connectivity index (χ1v) is 7.99. The van der Waals surface area contributed by atoms with Crippen molar-refractivity contribution in [2.75, 3.05) is 13.6 Å². The molecule has 2 aliphatic heterocycles. The fraction of sp³-hybridized carbons (Fsp3) is 0.143. The Balaban J connectivity index is 0.000000123. The van der Waals surface area contributed by atoms with Crippen LogP contribution in [0.3, 0.4) is 0 Å². The second-order valence-electron chi connectivity index (χ2n) is 3.97. The van der Waals surface area contributed by atoms with Gasteiger partial charge in [-0.1, -0.05) is 12.1 Å². The molecule has 2 aromatic carbocycles. The standard InChI is InChI=1S/C7H4I2O2.C7H6O2/c8-4-1-6-7(2-5(4)9)11-3-10-6;1-2-4-7-6(3-1)8-5-9-7/h1-2H,3H2;1-4H,5H2. The topological polar surface area (TPSA) is 36.9 Å². The van der Waals surface area contributed by atoms with E-state index in [0.29, 0.717) is 13.6 Å². The van der Waals surface area contributed by atoms with E-state index in [2.05, 4.69) is 45.2 Å². The van der Waals surface area contributed by atoms with Gasteiger partial charge >= 0.3 is 0 Å². The van der Waals surface area contributed by atoms with Crippen molar-refractivity contribution < 1.29 is 18.9 Å². The Morgan fingerprint density at radius 2 is 1.05 bits per heavy atom. The normalized spacial score (nSPS) is 13.7. The summed E-state index contributed by atoms with van der Waals surface area (Å²) in [7, 11) is 0. The third kappa shape index (κ3) is 3.05. The van der Waals surface area contributed by atoms with Crippen LogP contribution >= 0.6 is 45.2 Å². The Labute approximate surface area is 143 Å². The maximum Gasteiger partial charge on any atom is 0.231 e. The van der Waals surface area contributed by atoms with Gasteiger partial charge in [0.15, 0.2) is 23.0 Å². The van der Waals surface area contributed by atoms with Gasteiger partial charge in [-0.3, -0.25) is 0 Å². The molecule has 2 aromatic rings. The molecule has 0 unspecified atom stereocenters. The molecule has 0 spiro atoms. The fourth-order valence-corrected chi connectivity index (χ4v) is 2.61. The highest BCUT2D eigenvalue weighted by atomic mass is 127. The molecule has 4 rings (SSSR count). The molecule has 0 aromatic heterocycles. The van der Waals surface area contributed by atoms with E-state index >= 15 is 0 Å². The lowest BCUT2D eigenvalue weighted by Crippen LogP contribution is -1.92. The van der Waals surface area contributed by atoms with E-state index < -0.39 is 0 Å². The van der Waals surface area contributed by atoms with Crippen molar-refractivity contribution >= 4 is 45.2 Å². The molecule has 2 heterocycles. The lowest BCUT2D eigenvalue weighted by Gasteiger charge is -1.98. The summed E-state index contributed by atoms with van der Waals surface area (Å²) in [6, 6.07) is 11.6. The molecular formula is C14H10I2O4. The van der Waals surface area contributed by atoms with E-state index in [1.54, 1.807) is 0 Å². The van der Waals surface area contributed by atoms with Crippen molar-refractivity contribution in [3.8, 4) is 23.0 Å². The van der Waals surface area contributed by atoms with Gasteiger partial charge in [0.1, 0.15) is 0 Å². The van der Waals surface area contributed by atoms with Crippen LogP contribution in [0.15, 0.2) is 36.4 Å². The summed E-state index contributed by atoms with van der Waals surface area (Å²) in [5, 5.41) is 0. The summed E-state index contributed by atoms with van der Waals surface area (Å²) in [6.07, 6.45) is 0. The highest BCUT2D eigenvalue weighted by Gasteiger charge is 2.14. The lowest BCUT2D eigenvalue weighted by molar-refractivity contribution is 0.173. The number of hydrogen-bond acceptors (Lipinski definition) is 4. The van der Waals surface area contributed by atoms with Gasteiger partial charge in [0.25, 0.3) is 0 Å². The summed E-state index contributed by atoms with van der Waals surface area (Å²) in [5.74, 6) is 3.40. The third-order valence-corrected chi connectivity index (χ3v) is 5.51. The van der Waals surface area contributed by atoms with E-state index in [4.69, 9.17) is 18.9 Å². The van der Waals surface area contributed by atoms with Gasteiger partial charge in [0.05, 0.1) is 0 Å². The zero-order valence-electron chi connectivity index (χ0n) is 10.3. The third-order valence-electron chi connectivity index (χ3n) is 2.69. The largest absolute Gasteiger partial charge is 0.454 e. The maximum absolute atomic E-state index is 5.20. The first-order chi connectivity index (χ1) is 9.74. The second kappa shape index (κ2) is 6.25. The van der Waals surface area contributed by atoms with Gasteiger partial charge in [-0.2, -0.15) is 0 Å². The fourth-order valence-electron chi connectivity index (χ4n) is 1.74. The van der Waals surface area contributed by atoms with Crippen LogP contribution in [-0.2, 0) is 0 Å². The zero-order chi connectivity index (χ0) is 13.9. The zero-order valence-corrected chi connectivity index (χ0v) is 14.6. The number of para-hydroxylation sites is 2. The molecule has 0 fully saturated rings. The first kappa shape index (κ1) is 14.1. The minimum Gasteiger partial charge on any atom is -0.454 e. The van der Waals surface area contributed by atoms with Crippen molar-refractivity contribution in [3.63, 3.8) is 0 Å². The Morgan fingerprint density at radius 1 is 0.650 bits per heavy atom. The molecule has 0 aliphatic carbocycles. The van der Waals surface area contributed by atoms with E-state index in [0.717, 1.165) is 23.0 Å². The smallest absolute Gasteiger partial charge is 0.231 e. The van der Waals surface area contributed by atoms with Gasteiger partial charge in [0.2, 0.25) is 13.6 Å². The van der Waals surface area contributed by atoms with Crippen molar-refractivity contribution in [3.05, 3.63) is 43.5 Å². The molecule has 0 amide bonds. The molecule has 2 aliphatic rings. The average molecular weight is 496 g/mol. The number of fused-ring (bicyclic) bond motifs is 2. The van der Waals surface area contributed by atoms with Crippen LogP contribution in [0.2, 0.25) is 0 Å². The minimum atomic E-state index is 0.353. The van der Waals surface area contributed by atoms with Crippen LogP contribution in [0.25, 0.3) is 0 Å². The number of halogens is 2. The van der Waals surface area contributed by atoms with Crippen molar-refractivity contribution in [2.24, 2.45) is 0 Å². The highest BCUT2D eigenvalue weighted by molar-refractivity contribution is 14.1. The van der Waals surface area contributed by atoms with Crippen molar-refractivity contribution in [1.82, 2.24) is 0 Å². The highest BCUT2D eigenvalue weighted by Crippen LogP contribution is 2.35. The van der Waals surface area contributed by atoms with Gasteiger partial charge in [0, 0.05) is 7.14 Å². The predicted octanol–water partition coefficient (Wildman–Crippen LogP) is 4.04. The summed E-state index contributed by atoms with van der Waals surface area (Å²) in [5.41, 5.74) is 0. The Bertz CT molecular complexity index is 579. The quantitative estimate of drug-likeness (QED) is 0.517. The number of hydrogen-bond donors (Lipinski definition) is 0. The SMILES string of the molecule is Ic1cc2c(cc1I)OCO2.c1ccc2c(c1)OCO2. The molecule has 20 heavy (non-hydrogen) atoms. The van der Waals surface area contributed by atoms with E-state index in [-0.39, 0.29) is 0 Å². The lowest BCUT2D eigenvalue weighted by atomic mass is 10.3. The number of rotatable bonds is 0. The maximum atomic E-state index is 5.20. The monoisotopic (exact) mass is 496 g/mol. The van der Waals surface area contributed by atoms with Gasteiger partial charge < -0.3 is 18.9 Å². The van der Waals surface area contributed by atoms with E-state index in [1.165, 1.54) is 7.14 Å². The van der Waals surface area contributed by atoms with Crippen molar-refractivity contribution in [2.45, 2.75) is 0 Å². The Hall–Kier alpha value is -0.900. The number of benzene rings is 2. The summed E-state index contributed by atoms with van der Waals surface area (Å²) in [4.78, 5) is 0.